The van der Waals surface area contributed by atoms with Crippen LogP contribution < -0.4 is 0 Å². The van der Waals surface area contributed by atoms with Crippen molar-refractivity contribution in [1.29, 1.82) is 0 Å². The first-order valence-corrected chi connectivity index (χ1v) is 19.1. The Morgan fingerprint density at radius 1 is 0.431 bits per heavy atom. The van der Waals surface area contributed by atoms with Gasteiger partial charge in [-0.1, -0.05) is 158 Å². The Balaban J connectivity index is 1.18. The summed E-state index contributed by atoms with van der Waals surface area (Å²) in [5.41, 5.74) is 6.82. The van der Waals surface area contributed by atoms with Gasteiger partial charge in [0.1, 0.15) is 11.2 Å². The first-order valence-electron chi connectivity index (χ1n) is 21.6. The van der Waals surface area contributed by atoms with E-state index >= 15 is 0 Å². The van der Waals surface area contributed by atoms with Crippen LogP contribution in [-0.4, -0.2) is 19.5 Å². The number of benzene rings is 9. The number of para-hydroxylation sites is 2. The van der Waals surface area contributed by atoms with Crippen LogP contribution in [0.25, 0.3) is 116 Å². The molecule has 0 aliphatic rings. The van der Waals surface area contributed by atoms with E-state index in [1.54, 1.807) is 12.1 Å². The fourth-order valence-corrected chi connectivity index (χ4v) is 8.49. The van der Waals surface area contributed by atoms with Crippen molar-refractivity contribution in [2.75, 3.05) is 0 Å². The third-order valence-corrected chi connectivity index (χ3v) is 11.1. The molecule has 5 heteroatoms. The molecule has 0 unspecified atom stereocenters. The van der Waals surface area contributed by atoms with E-state index in [1.165, 1.54) is 0 Å². The highest BCUT2D eigenvalue weighted by molar-refractivity contribution is 6.15. The SMILES string of the molecule is [2H]c1c([2H])c([2H])c(-c2ccc3c(c2)oc2c(-c4nc(-c5ccccc5)nc(-c5cccc6ccc7ccccc7c56)n4)cc(-n4c5ccccc5c5ccccc54)cc23)c([2H])c1[2H]. The Morgan fingerprint density at radius 3 is 1.88 bits per heavy atom. The van der Waals surface area contributed by atoms with Gasteiger partial charge in [0.15, 0.2) is 17.5 Å². The molecule has 58 heavy (non-hydrogen) atoms. The smallest absolute Gasteiger partial charge is 0.167 e. The second-order valence-electron chi connectivity index (χ2n) is 14.4. The number of fused-ring (bicyclic) bond motifs is 9. The lowest BCUT2D eigenvalue weighted by Crippen LogP contribution is -2.02. The molecule has 0 bridgehead atoms. The number of nitrogens with zero attached hydrogens (tertiary/aromatic N) is 4. The van der Waals surface area contributed by atoms with Crippen LogP contribution in [0.1, 0.15) is 6.85 Å². The van der Waals surface area contributed by atoms with Crippen molar-refractivity contribution in [3.8, 4) is 51.0 Å². The van der Waals surface area contributed by atoms with Gasteiger partial charge in [-0.15, -0.1) is 0 Å². The maximum atomic E-state index is 8.72. The second kappa shape index (κ2) is 12.8. The zero-order valence-electron chi connectivity index (χ0n) is 35.8. The summed E-state index contributed by atoms with van der Waals surface area (Å²) in [7, 11) is 0. The maximum Gasteiger partial charge on any atom is 0.167 e. The fourth-order valence-electron chi connectivity index (χ4n) is 8.49. The molecule has 0 fully saturated rings. The third-order valence-electron chi connectivity index (χ3n) is 11.1. The minimum Gasteiger partial charge on any atom is -0.455 e. The van der Waals surface area contributed by atoms with Crippen LogP contribution in [0.4, 0.5) is 0 Å². The van der Waals surface area contributed by atoms with E-state index < -0.39 is 18.1 Å². The van der Waals surface area contributed by atoms with Crippen LogP contribution in [0.5, 0.6) is 0 Å². The van der Waals surface area contributed by atoms with Crippen LogP contribution in [0.3, 0.4) is 0 Å². The summed E-state index contributed by atoms with van der Waals surface area (Å²) < 4.78 is 51.5. The molecule has 0 aliphatic heterocycles. The van der Waals surface area contributed by atoms with Gasteiger partial charge in [-0.05, 0) is 63.7 Å². The molecule has 0 atom stereocenters. The summed E-state index contributed by atoms with van der Waals surface area (Å²) >= 11 is 0. The Hall–Kier alpha value is -7.89. The van der Waals surface area contributed by atoms with E-state index in [1.807, 2.05) is 60.7 Å². The summed E-state index contributed by atoms with van der Waals surface area (Å²) in [4.78, 5) is 15.7. The number of aromatic nitrogens is 4. The van der Waals surface area contributed by atoms with Gasteiger partial charge in [0.25, 0.3) is 0 Å². The van der Waals surface area contributed by atoms with Crippen molar-refractivity contribution in [2.45, 2.75) is 0 Å². The lowest BCUT2D eigenvalue weighted by molar-refractivity contribution is 0.669. The van der Waals surface area contributed by atoms with Crippen LogP contribution in [0.15, 0.2) is 198 Å². The third kappa shape index (κ3) is 5.07. The Morgan fingerprint density at radius 2 is 1.09 bits per heavy atom. The lowest BCUT2D eigenvalue weighted by atomic mass is 9.97. The zero-order valence-corrected chi connectivity index (χ0v) is 30.8. The van der Waals surface area contributed by atoms with E-state index in [9.17, 15) is 0 Å². The van der Waals surface area contributed by atoms with Gasteiger partial charge in [-0.25, -0.2) is 15.0 Å². The maximum absolute atomic E-state index is 8.72. The normalized spacial score (nSPS) is 13.0. The summed E-state index contributed by atoms with van der Waals surface area (Å²) in [6.45, 7) is 0. The van der Waals surface area contributed by atoms with E-state index in [-0.39, 0.29) is 17.6 Å². The van der Waals surface area contributed by atoms with Gasteiger partial charge in [0.05, 0.1) is 23.5 Å². The standard InChI is InChI=1S/C53H32N4O/c1-3-14-33(15-4-1)37-28-29-42-44-31-38(57-46-24-11-9-21-40(46)41-22-10-12-25-47(41)57)32-45(50(44)58-48(42)30-37)53-55-51(36-17-5-2-6-18-36)54-52(56-53)43-23-13-19-35-27-26-34-16-7-8-20-39(34)49(35)43/h1-32H/i1D,3D,4D,14D,15D. The molecule has 3 aromatic heterocycles. The van der Waals surface area contributed by atoms with Gasteiger partial charge in [-0.2, -0.15) is 0 Å². The lowest BCUT2D eigenvalue weighted by Gasteiger charge is -2.14. The van der Waals surface area contributed by atoms with Crippen LogP contribution >= 0.6 is 0 Å². The first-order chi connectivity index (χ1) is 30.8. The Kier molecular flexibility index (Phi) is 6.12. The highest BCUT2D eigenvalue weighted by Crippen LogP contribution is 2.42. The molecule has 0 saturated carbocycles. The Bertz CT molecular complexity index is 3800. The quantitative estimate of drug-likeness (QED) is 0.165. The van der Waals surface area contributed by atoms with Crippen molar-refractivity contribution in [1.82, 2.24) is 19.5 Å². The van der Waals surface area contributed by atoms with Crippen molar-refractivity contribution in [3.05, 3.63) is 194 Å². The Labute approximate surface area is 340 Å². The molecule has 270 valence electrons. The minimum absolute atomic E-state index is 0.103. The molecule has 0 spiro atoms. The van der Waals surface area contributed by atoms with Gasteiger partial charge < -0.3 is 8.98 Å². The fraction of sp³-hybridized carbons (Fsp3) is 0. The van der Waals surface area contributed by atoms with Gasteiger partial charge >= 0.3 is 0 Å². The van der Waals surface area contributed by atoms with Crippen LogP contribution in [0, 0.1) is 0 Å². The average molecular weight is 746 g/mol. The average Bonchev–Trinajstić information content (AvgIpc) is 3.87. The molecule has 5 nitrogen and oxygen atoms in total. The summed E-state index contributed by atoms with van der Waals surface area (Å²) in [6, 6.07) is 53.3. The number of hydrogen-bond donors (Lipinski definition) is 0. The second-order valence-corrected chi connectivity index (χ2v) is 14.4. The summed E-state index contributed by atoms with van der Waals surface area (Å²) in [5, 5.41) is 8.13. The number of rotatable bonds is 5. The molecule has 3 heterocycles. The van der Waals surface area contributed by atoms with Gasteiger partial charge in [0, 0.05) is 43.7 Å². The van der Waals surface area contributed by atoms with E-state index in [0.29, 0.717) is 39.8 Å². The molecule has 0 saturated heterocycles. The highest BCUT2D eigenvalue weighted by Gasteiger charge is 2.22. The summed E-state index contributed by atoms with van der Waals surface area (Å²) in [6.07, 6.45) is 0. The first kappa shape index (κ1) is 27.7. The number of hydrogen-bond acceptors (Lipinski definition) is 4. The predicted octanol–water partition coefficient (Wildman–Crippen LogP) is 13.8. The van der Waals surface area contributed by atoms with Crippen LogP contribution in [-0.2, 0) is 0 Å². The molecule has 12 aromatic rings. The molecule has 0 amide bonds. The summed E-state index contributed by atoms with van der Waals surface area (Å²) in [5.74, 6) is 1.42. The van der Waals surface area contributed by atoms with Crippen molar-refractivity contribution >= 4 is 65.3 Å². The minimum atomic E-state index is -0.441. The highest BCUT2D eigenvalue weighted by atomic mass is 16.3. The van der Waals surface area contributed by atoms with E-state index in [0.717, 1.165) is 70.9 Å². The zero-order chi connectivity index (χ0) is 42.5. The molecule has 9 aromatic carbocycles. The van der Waals surface area contributed by atoms with Crippen molar-refractivity contribution < 1.29 is 11.3 Å². The van der Waals surface area contributed by atoms with Crippen molar-refractivity contribution in [3.63, 3.8) is 0 Å². The van der Waals surface area contributed by atoms with E-state index in [4.69, 9.17) is 26.2 Å². The van der Waals surface area contributed by atoms with Gasteiger partial charge in [0.2, 0.25) is 0 Å². The molecule has 0 radical (unpaired) electrons. The number of furan rings is 1. The molecule has 12 rings (SSSR count). The predicted molar refractivity (Wildman–Crippen MR) is 238 cm³/mol. The van der Waals surface area contributed by atoms with Crippen LogP contribution in [0.2, 0.25) is 0 Å². The topological polar surface area (TPSA) is 56.7 Å². The molecular weight excluding hydrogens is 709 g/mol. The van der Waals surface area contributed by atoms with Gasteiger partial charge in [-0.3, -0.25) is 0 Å². The molecular formula is C53H32N4O. The van der Waals surface area contributed by atoms with Crippen molar-refractivity contribution in [2.24, 2.45) is 0 Å². The molecule has 0 aliphatic carbocycles. The molecule has 0 N–H and O–H groups in total. The van der Waals surface area contributed by atoms with E-state index in [2.05, 4.69) is 95.6 Å². The largest absolute Gasteiger partial charge is 0.455 e. The monoisotopic (exact) mass is 745 g/mol.